The van der Waals surface area contributed by atoms with Crippen molar-refractivity contribution < 1.29 is 70.6 Å². The van der Waals surface area contributed by atoms with Crippen LogP contribution in [0.4, 0.5) is 0 Å². The first kappa shape index (κ1) is 48.2. The summed E-state index contributed by atoms with van der Waals surface area (Å²) in [5.74, 6) is 0. The number of hydrogen-bond donors (Lipinski definition) is 0. The van der Waals surface area contributed by atoms with Crippen LogP contribution in [0.25, 0.3) is 0 Å². The van der Waals surface area contributed by atoms with E-state index in [0.717, 1.165) is 0 Å². The molecule has 0 aromatic carbocycles. The van der Waals surface area contributed by atoms with Gasteiger partial charge in [0.2, 0.25) is 0 Å². The molecule has 0 saturated heterocycles. The maximum Gasteiger partial charge on any atom is 1.00 e. The quantitative estimate of drug-likeness (QED) is 0.358. The van der Waals surface area contributed by atoms with E-state index in [-0.39, 0.29) is 88.0 Å². The molecule has 5 heteroatoms. The standard InChI is InChI=1S/Al.Co.Fe.Li.Ni.4H/q;;;+1;;;;;-1. The molecule has 0 heterocycles. The van der Waals surface area contributed by atoms with E-state index in [2.05, 4.69) is 0 Å². The normalized spacial score (nSPS) is 0. The maximum absolute atomic E-state index is 0. The van der Waals surface area contributed by atoms with Crippen molar-refractivity contribution in [3.05, 3.63) is 0 Å². The van der Waals surface area contributed by atoms with Crippen LogP contribution in [0.5, 0.6) is 0 Å². The summed E-state index contributed by atoms with van der Waals surface area (Å²) in [6.45, 7) is 0. The fraction of sp³-hybridized carbons (Fsp3) is 0. The summed E-state index contributed by atoms with van der Waals surface area (Å²) in [7, 11) is 0. The van der Waals surface area contributed by atoms with Gasteiger partial charge in [-0.3, -0.25) is 0 Å². The van der Waals surface area contributed by atoms with Crippen LogP contribution in [0.1, 0.15) is 1.43 Å². The second-order valence-electron chi connectivity index (χ2n) is 0. The number of rotatable bonds is 0. The third-order valence-corrected chi connectivity index (χ3v) is 0. The largest absolute Gasteiger partial charge is 1.00 e. The minimum absolute atomic E-state index is 0. The van der Waals surface area contributed by atoms with E-state index in [1.807, 2.05) is 0 Å². The van der Waals surface area contributed by atoms with Gasteiger partial charge in [-0.15, -0.1) is 0 Å². The molecule has 0 N–H and O–H groups in total. The predicted octanol–water partition coefficient (Wildman–Crippen LogP) is -4.07. The zero-order chi connectivity index (χ0) is 0. The van der Waals surface area contributed by atoms with Crippen molar-refractivity contribution in [1.82, 2.24) is 0 Å². The van der Waals surface area contributed by atoms with Gasteiger partial charge in [0, 0.05) is 50.3 Å². The van der Waals surface area contributed by atoms with Crippen molar-refractivity contribution in [1.29, 1.82) is 0 Å². The Hall–Kier alpha value is 2.65. The van der Waals surface area contributed by atoms with Gasteiger partial charge >= 0.3 is 18.9 Å². The predicted molar refractivity (Wildman–Crippen MR) is 11.1 cm³/mol. The molecule has 0 rings (SSSR count). The van der Waals surface area contributed by atoms with Crippen molar-refractivity contribution in [2.24, 2.45) is 0 Å². The monoisotopic (exact) mass is 211 g/mol. The Kier molecular flexibility index (Phi) is 291. The van der Waals surface area contributed by atoms with Crippen molar-refractivity contribution >= 4 is 17.4 Å². The minimum atomic E-state index is 0. The van der Waals surface area contributed by atoms with E-state index < -0.39 is 0 Å². The van der Waals surface area contributed by atoms with Gasteiger partial charge in [-0.2, -0.15) is 0 Å². The molecule has 0 amide bonds. The Morgan fingerprint density at radius 2 is 1.20 bits per heavy atom. The Bertz CT molecular complexity index is 15.5. The maximum atomic E-state index is 0. The first-order chi connectivity index (χ1) is 0. The van der Waals surface area contributed by atoms with Gasteiger partial charge in [0.25, 0.3) is 0 Å². The Morgan fingerprint density at radius 1 is 1.20 bits per heavy atom. The fourth-order valence-corrected chi connectivity index (χ4v) is 0. The third-order valence-electron chi connectivity index (χ3n) is 0. The van der Waals surface area contributed by atoms with Crippen LogP contribution in [0.2, 0.25) is 0 Å². The molecular weight excluding hydrogens is 207 g/mol. The van der Waals surface area contributed by atoms with Crippen LogP contribution in [-0.2, 0) is 50.3 Å². The van der Waals surface area contributed by atoms with E-state index in [9.17, 15) is 0 Å². The van der Waals surface area contributed by atoms with Crippen LogP contribution in [0.15, 0.2) is 0 Å². The second-order valence-corrected chi connectivity index (χ2v) is 0. The molecule has 0 aliphatic heterocycles. The SMILES string of the molecule is [AlH3].[Co].[Fe].[H-].[Li+].[Ni]. The zero-order valence-corrected chi connectivity index (χ0v) is 5.14. The van der Waals surface area contributed by atoms with Gasteiger partial charge < -0.3 is 1.43 Å². The molecule has 35 valence electrons. The van der Waals surface area contributed by atoms with Gasteiger partial charge in [0.05, 0.1) is 0 Å². The van der Waals surface area contributed by atoms with Crippen LogP contribution >= 0.6 is 0 Å². The van der Waals surface area contributed by atoms with Gasteiger partial charge in [0.1, 0.15) is 0 Å². The summed E-state index contributed by atoms with van der Waals surface area (Å²) in [4.78, 5) is 0. The Balaban J connectivity index is 0. The Labute approximate surface area is 87.0 Å². The minimum Gasteiger partial charge on any atom is -1.00 e. The summed E-state index contributed by atoms with van der Waals surface area (Å²) in [6, 6.07) is 0. The molecule has 0 aliphatic carbocycles. The third kappa shape index (κ3) is 20.5. The van der Waals surface area contributed by atoms with E-state index in [1.54, 1.807) is 0 Å². The molecule has 0 aliphatic rings. The van der Waals surface area contributed by atoms with E-state index in [0.29, 0.717) is 0 Å². The summed E-state index contributed by atoms with van der Waals surface area (Å²) < 4.78 is 0. The molecular formula is H4AlCoFeLiNi. The first-order valence-corrected chi connectivity index (χ1v) is 0. The smallest absolute Gasteiger partial charge is 1.00 e. The summed E-state index contributed by atoms with van der Waals surface area (Å²) in [5, 5.41) is 0. The molecule has 0 unspecified atom stereocenters. The van der Waals surface area contributed by atoms with Crippen LogP contribution in [-0.4, -0.2) is 17.4 Å². The molecule has 0 spiro atoms. The van der Waals surface area contributed by atoms with Crippen LogP contribution in [0, 0.1) is 0 Å². The topological polar surface area (TPSA) is 0 Å². The first-order valence-electron chi connectivity index (χ1n) is 0. The molecule has 0 atom stereocenters. The van der Waals surface area contributed by atoms with E-state index >= 15 is 0 Å². The van der Waals surface area contributed by atoms with Crippen LogP contribution < -0.4 is 18.9 Å². The molecule has 0 fully saturated rings. The second kappa shape index (κ2) is 30.2. The van der Waals surface area contributed by atoms with Gasteiger partial charge in [-0.1, -0.05) is 0 Å². The average Bonchev–Trinajstić information content (AvgIpc) is 0. The number of hydrogen-bond acceptors (Lipinski definition) is 0. The van der Waals surface area contributed by atoms with Crippen molar-refractivity contribution in [2.45, 2.75) is 0 Å². The zero-order valence-electron chi connectivity index (χ0n) is 3.00. The average molecular weight is 211 g/mol. The summed E-state index contributed by atoms with van der Waals surface area (Å²) >= 11 is 0. The Morgan fingerprint density at radius 3 is 1.20 bits per heavy atom. The molecule has 5 heavy (non-hydrogen) atoms. The molecule has 1 radical (unpaired) electrons. The van der Waals surface area contributed by atoms with E-state index in [1.165, 1.54) is 0 Å². The summed E-state index contributed by atoms with van der Waals surface area (Å²) in [6.07, 6.45) is 0. The van der Waals surface area contributed by atoms with Gasteiger partial charge in [0.15, 0.2) is 17.4 Å². The fourth-order valence-electron chi connectivity index (χ4n) is 0. The van der Waals surface area contributed by atoms with E-state index in [4.69, 9.17) is 0 Å². The summed E-state index contributed by atoms with van der Waals surface area (Å²) in [5.41, 5.74) is 0. The molecule has 0 aromatic heterocycles. The van der Waals surface area contributed by atoms with Gasteiger partial charge in [-0.25, -0.2) is 0 Å². The molecule has 0 aromatic rings. The van der Waals surface area contributed by atoms with Crippen molar-refractivity contribution in [2.75, 3.05) is 0 Å². The van der Waals surface area contributed by atoms with Crippen molar-refractivity contribution in [3.8, 4) is 0 Å². The molecule has 0 saturated carbocycles. The van der Waals surface area contributed by atoms with Crippen LogP contribution in [0.3, 0.4) is 0 Å². The van der Waals surface area contributed by atoms with Crippen molar-refractivity contribution in [3.63, 3.8) is 0 Å². The molecule has 0 nitrogen and oxygen atoms in total. The van der Waals surface area contributed by atoms with Gasteiger partial charge in [-0.05, 0) is 0 Å². The molecule has 0 bridgehead atoms.